The highest BCUT2D eigenvalue weighted by Gasteiger charge is 2.32. The van der Waals surface area contributed by atoms with Gasteiger partial charge in [-0.15, -0.1) is 39.2 Å². The molecule has 7 aromatic rings. The Labute approximate surface area is 834 Å². The van der Waals surface area contributed by atoms with Crippen LogP contribution < -0.4 is 32.4 Å². The number of Topliss-reactive ketones (excluding diaryl/α,β-unsaturated/α-hetero) is 4. The molecule has 0 unspecified atom stereocenters. The van der Waals surface area contributed by atoms with Crippen molar-refractivity contribution in [1.82, 2.24) is 60.7 Å². The van der Waals surface area contributed by atoms with Gasteiger partial charge in [-0.1, -0.05) is 307 Å². The summed E-state index contributed by atoms with van der Waals surface area (Å²) in [5, 5.41) is 46.3. The molecule has 7 N–H and O–H groups in total. The van der Waals surface area contributed by atoms with Gasteiger partial charge in [0.15, 0.2) is 4.90 Å². The van der Waals surface area contributed by atoms with Gasteiger partial charge in [0.25, 0.3) is 29.3 Å². The number of hydrazone groups is 3. The smallest absolute Gasteiger partial charge is 0.289 e. The Morgan fingerprint density at radius 1 is 0.525 bits per heavy atom. The molecule has 0 saturated carbocycles. The lowest BCUT2D eigenvalue weighted by Gasteiger charge is -2.22. The summed E-state index contributed by atoms with van der Waals surface area (Å²) in [6.45, 7) is 28.6. The van der Waals surface area contributed by atoms with Crippen LogP contribution in [-0.4, -0.2) is 253 Å². The molecule has 4 atom stereocenters. The van der Waals surface area contributed by atoms with E-state index >= 15 is 0 Å². The van der Waals surface area contributed by atoms with Crippen molar-refractivity contribution in [3.8, 4) is 48.4 Å². The van der Waals surface area contributed by atoms with E-state index in [1.54, 1.807) is 6.92 Å². The fourth-order valence-electron chi connectivity index (χ4n) is 15.0. The average Bonchev–Trinajstić information content (AvgIpc) is 0.788. The van der Waals surface area contributed by atoms with Gasteiger partial charge in [0.2, 0.25) is 10.0 Å². The number of hydrogen-bond acceptors (Lipinski definition) is 23. The van der Waals surface area contributed by atoms with Crippen LogP contribution in [0.1, 0.15) is 164 Å². The van der Waals surface area contributed by atoms with Crippen molar-refractivity contribution < 1.29 is 51.7 Å². The summed E-state index contributed by atoms with van der Waals surface area (Å²) < 4.78 is 27.8. The van der Waals surface area contributed by atoms with Gasteiger partial charge in [0.1, 0.15) is 42.8 Å². The van der Waals surface area contributed by atoms with Crippen LogP contribution in [0.15, 0.2) is 277 Å². The number of sulfonamides is 1. The van der Waals surface area contributed by atoms with Gasteiger partial charge in [-0.25, -0.2) is 29.3 Å². The Bertz CT molecular complexity index is 5440. The third-order valence-electron chi connectivity index (χ3n) is 22.6. The molecule has 0 spiro atoms. The van der Waals surface area contributed by atoms with Gasteiger partial charge >= 0.3 is 0 Å². The quantitative estimate of drug-likeness (QED) is 0.00302. The van der Waals surface area contributed by atoms with Crippen LogP contribution in [0.2, 0.25) is 0 Å². The number of carbonyl (C=O) groups is 8. The number of nitrogens with one attached hydrogen (secondary N) is 5. The summed E-state index contributed by atoms with van der Waals surface area (Å²) in [6.07, 6.45) is 28.5. The van der Waals surface area contributed by atoms with Crippen molar-refractivity contribution in [2.45, 2.75) is 159 Å². The highest BCUT2D eigenvalue weighted by atomic mass is 32.2. The minimum Gasteiger partial charge on any atom is -0.313 e. The molecular weight excluding hydrogens is 1800 g/mol. The number of terminal acetylenes is 2. The molecule has 746 valence electrons. The van der Waals surface area contributed by atoms with E-state index in [1.807, 2.05) is 221 Å². The number of nitrogens with zero attached hydrogens (tertiary/aromatic N) is 11. The summed E-state index contributed by atoms with van der Waals surface area (Å²) in [5.74, 6) is 22.1. The minimum atomic E-state index is -4.19. The van der Waals surface area contributed by atoms with Crippen molar-refractivity contribution in [3.05, 3.63) is 300 Å². The minimum absolute atomic E-state index is 0.0207. The third-order valence-corrected chi connectivity index (χ3v) is 24.6. The second kappa shape index (κ2) is 67.6. The first kappa shape index (κ1) is 116. The fourth-order valence-corrected chi connectivity index (χ4v) is 16.6. The van der Waals surface area contributed by atoms with E-state index in [9.17, 15) is 56.9 Å². The number of nitrogens with two attached hydrogens (primary N) is 1. The van der Waals surface area contributed by atoms with Crippen LogP contribution in [0.5, 0.6) is 0 Å². The van der Waals surface area contributed by atoms with Gasteiger partial charge in [0.05, 0.1) is 92.0 Å². The zero-order chi connectivity index (χ0) is 102. The zero-order valence-corrected chi connectivity index (χ0v) is 82.9. The first-order valence-electron chi connectivity index (χ1n) is 48.1. The van der Waals surface area contributed by atoms with Crippen molar-refractivity contribution in [1.29, 1.82) is 0 Å². The van der Waals surface area contributed by atoms with E-state index in [-0.39, 0.29) is 131 Å². The number of unbranched alkanes of at least 4 members (excludes halogenated alkanes) is 2. The predicted molar refractivity (Wildman–Crippen MR) is 562 cm³/mol. The lowest BCUT2D eigenvalue weighted by atomic mass is 10.0. The molecule has 0 bridgehead atoms. The normalized spacial score (nSPS) is 14.8. The van der Waals surface area contributed by atoms with Gasteiger partial charge in [-0.3, -0.25) is 84.5 Å². The van der Waals surface area contributed by atoms with E-state index in [4.69, 9.17) is 23.8 Å². The lowest BCUT2D eigenvalue weighted by Crippen LogP contribution is -2.47. The molecule has 2 aliphatic rings. The van der Waals surface area contributed by atoms with Crippen LogP contribution in [0.3, 0.4) is 0 Å². The van der Waals surface area contributed by atoms with Crippen LogP contribution in [0.25, 0.3) is 0 Å². The third kappa shape index (κ3) is 42.1. The second-order valence-corrected chi connectivity index (χ2v) is 34.9. The monoisotopic (exact) mass is 1930 g/mol. The van der Waals surface area contributed by atoms with Gasteiger partial charge in [-0.2, -0.15) is 19.6 Å². The molecule has 0 aromatic heterocycles. The standard InChI is InChI=1S/C35H39N5O6S.C30H36N4O2.C29H36N4O2.C17H28N4O2/c1-4-24-38(47(45,46)33-23-14-13-22-31(33)40(43)44)26-16-15-21-30(32(41)6-3)36-27-34(42)39(25-5-2)37-35(28-17-9-7-10-18-28)29-19-11-8-12-20-29;1-3-20-33-21-12-11-19-27(28(35)4-2)31-24-29(36)34(23-14-13-22-33)32-30(25-15-7-5-8-16-25)26-17-9-6-10-18-26;1-4-20-30-21-14-13-19-26(27(34)6-3)31-23-28(35)33(22-5-2)32-29(24-15-9-7-10-16-24)25-17-11-8-12-18-25;1-3-10-20-11-6-5-9-15(16(22)4-2)19-14-17(23)21(18)13-8-7-12-20/h2,4,7-14,17-20,22-23,30,36H,1,6,15-16,21,24-27H2,3H3;3,5-10,15-18,27,31H,1,4,11-12,19-24H2,2H3;2,4,7-12,15-18,26,30-31H,1,6,13-14,19-23H2,3H3;3,15,19H,1,4-6,9-14,18H2,2H3/t30-;27-;26-;15-/m0000/s1. The van der Waals surface area contributed by atoms with E-state index in [0.29, 0.717) is 81.6 Å². The number of hydrazine groups is 1. The van der Waals surface area contributed by atoms with E-state index in [0.717, 1.165) is 133 Å². The van der Waals surface area contributed by atoms with Crippen LogP contribution in [0, 0.1) is 58.5 Å². The van der Waals surface area contributed by atoms with E-state index in [2.05, 4.69) is 108 Å². The van der Waals surface area contributed by atoms with Crippen molar-refractivity contribution in [2.75, 3.05) is 118 Å². The van der Waals surface area contributed by atoms with Gasteiger partial charge in [-0.05, 0) is 77.1 Å². The molecule has 9 rings (SSSR count). The molecule has 4 amide bonds. The Morgan fingerprint density at radius 3 is 1.30 bits per heavy atom. The number of ketones is 4. The Morgan fingerprint density at radius 2 is 0.915 bits per heavy atom. The summed E-state index contributed by atoms with van der Waals surface area (Å²) in [5.41, 5.74) is 6.59. The largest absolute Gasteiger partial charge is 0.313 e. The molecule has 141 heavy (non-hydrogen) atoms. The first-order valence-corrected chi connectivity index (χ1v) is 49.6. The van der Waals surface area contributed by atoms with Crippen LogP contribution in [-0.2, 0) is 48.4 Å². The Hall–Kier alpha value is -13.7. The molecule has 0 aliphatic carbocycles. The van der Waals surface area contributed by atoms with Crippen LogP contribution in [0.4, 0.5) is 5.69 Å². The molecular formula is C111H139N17O12S. The molecule has 30 heteroatoms. The maximum absolute atomic E-state index is 13.4. The summed E-state index contributed by atoms with van der Waals surface area (Å²) in [7, 11) is -4.19. The van der Waals surface area contributed by atoms with Gasteiger partial charge in [0, 0.05) is 97.9 Å². The number of amides is 4. The SMILES string of the molecule is C#CCN(N=C(c1ccccc1)c1ccccc1)C(=O)CN[C@@H](CCCCN(CC=C)S(=O)(=O)c1ccccc1[N+](=O)[O-])C(=O)CC.C#CCN(N=C(c1ccccc1)c1ccccc1)C(=O)CN[C@@H](CCCCNCC=C)C(=O)CC.C=CCN1CC#CCN(N)C(=O)CN[C@H](C(=O)CC)CCCC1.C=CCN1CC#CCN(N=C(c2ccccc2)c2ccccc2)C(=O)CN[C@H](C(=O)CC)CCCC1. The Balaban J connectivity index is 0.000000296. The maximum atomic E-state index is 13.4. The Kier molecular flexibility index (Phi) is 55.6. The molecule has 2 heterocycles. The number of nitro groups is 1. The zero-order valence-electron chi connectivity index (χ0n) is 82.1. The van der Waals surface area contributed by atoms with E-state index < -0.39 is 37.5 Å². The number of carbonyl (C=O) groups excluding carboxylic acids is 8. The summed E-state index contributed by atoms with van der Waals surface area (Å²) >= 11 is 0. The molecule has 0 fully saturated rings. The highest BCUT2D eigenvalue weighted by molar-refractivity contribution is 7.89. The summed E-state index contributed by atoms with van der Waals surface area (Å²) in [6, 6.07) is 61.4. The van der Waals surface area contributed by atoms with Crippen molar-refractivity contribution >= 4 is 79.6 Å². The molecule has 0 radical (unpaired) electrons. The predicted octanol–water partition coefficient (Wildman–Crippen LogP) is 12.8. The van der Waals surface area contributed by atoms with Gasteiger partial charge < -0.3 is 5.32 Å². The number of nitro benzene ring substituents is 1. The second-order valence-electron chi connectivity index (χ2n) is 32.9. The van der Waals surface area contributed by atoms with Crippen LogP contribution >= 0.6 is 0 Å². The summed E-state index contributed by atoms with van der Waals surface area (Å²) in [4.78, 5) is 116. The van der Waals surface area contributed by atoms with Crippen molar-refractivity contribution in [3.63, 3.8) is 0 Å². The van der Waals surface area contributed by atoms with E-state index in [1.165, 1.54) is 39.3 Å². The fraction of sp³-hybridized carbons (Fsp3) is 0.378. The van der Waals surface area contributed by atoms with Crippen molar-refractivity contribution in [2.24, 2.45) is 21.1 Å². The molecule has 0 saturated heterocycles. The number of para-hydroxylation sites is 1. The number of rotatable bonds is 46. The molecule has 7 aromatic carbocycles. The first-order chi connectivity index (χ1) is 68.4. The lowest BCUT2D eigenvalue weighted by molar-refractivity contribution is -0.387. The highest BCUT2D eigenvalue weighted by Crippen LogP contribution is 2.28. The molecule has 2 aliphatic heterocycles. The number of benzene rings is 7. The molecule has 29 nitrogen and oxygen atoms in total. The maximum Gasteiger partial charge on any atom is 0.289 e. The topological polar surface area (TPSA) is 360 Å². The number of hydrogen-bond donors (Lipinski definition) is 6. The average molecular weight is 1940 g/mol.